The second kappa shape index (κ2) is 6.15. The lowest BCUT2D eigenvalue weighted by molar-refractivity contribution is -0.114. The monoisotopic (exact) mass is 275 g/mol. The molecule has 0 aliphatic carbocycles. The molecule has 19 heavy (non-hydrogen) atoms. The second-order valence-corrected chi connectivity index (χ2v) is 4.95. The molecule has 4 nitrogen and oxygen atoms in total. The summed E-state index contributed by atoms with van der Waals surface area (Å²) in [4.78, 5) is 23.6. The van der Waals surface area contributed by atoms with Gasteiger partial charge in [-0.15, -0.1) is 11.3 Å². The number of carbonyl (C=O) groups excluding carboxylic acids is 2. The molecule has 0 bridgehead atoms. The van der Waals surface area contributed by atoms with Crippen molar-refractivity contribution in [2.24, 2.45) is 0 Å². The van der Waals surface area contributed by atoms with E-state index in [4.69, 9.17) is 4.74 Å². The molecule has 1 N–H and O–H groups in total. The van der Waals surface area contributed by atoms with E-state index in [1.165, 1.54) is 6.92 Å². The molecule has 0 aliphatic heterocycles. The molecule has 2 aromatic rings. The number of anilines is 1. The fraction of sp³-hybridized carbons (Fsp3) is 0.143. The van der Waals surface area contributed by atoms with Crippen molar-refractivity contribution < 1.29 is 14.3 Å². The van der Waals surface area contributed by atoms with Gasteiger partial charge in [0.15, 0.2) is 0 Å². The van der Waals surface area contributed by atoms with Gasteiger partial charge in [0.05, 0.1) is 5.56 Å². The molecule has 0 radical (unpaired) electrons. The standard InChI is InChI=1S/C14H13NO3S/c1-10(16)15-12-6-4-11(5-7-12)14(17)18-9-13-3-2-8-19-13/h2-8H,9H2,1H3,(H,15,16). The van der Waals surface area contributed by atoms with Crippen LogP contribution in [-0.4, -0.2) is 11.9 Å². The zero-order valence-electron chi connectivity index (χ0n) is 10.4. The van der Waals surface area contributed by atoms with E-state index in [0.29, 0.717) is 11.3 Å². The maximum atomic E-state index is 11.8. The molecule has 1 amide bonds. The van der Waals surface area contributed by atoms with Crippen molar-refractivity contribution in [1.29, 1.82) is 0 Å². The molecule has 98 valence electrons. The molecule has 1 aromatic heterocycles. The largest absolute Gasteiger partial charge is 0.456 e. The highest BCUT2D eigenvalue weighted by atomic mass is 32.1. The number of hydrogen-bond acceptors (Lipinski definition) is 4. The number of esters is 1. The minimum atomic E-state index is -0.372. The highest BCUT2D eigenvalue weighted by Crippen LogP contribution is 2.13. The number of ether oxygens (including phenoxy) is 1. The Morgan fingerprint density at radius 2 is 1.95 bits per heavy atom. The van der Waals surface area contributed by atoms with Crippen LogP contribution >= 0.6 is 11.3 Å². The van der Waals surface area contributed by atoms with Gasteiger partial charge in [0, 0.05) is 17.5 Å². The summed E-state index contributed by atoms with van der Waals surface area (Å²) in [6.45, 7) is 1.72. The Balaban J connectivity index is 1.93. The summed E-state index contributed by atoms with van der Waals surface area (Å²) in [5, 5.41) is 4.57. The third-order valence-electron chi connectivity index (χ3n) is 2.37. The predicted molar refractivity (Wildman–Crippen MR) is 74.2 cm³/mol. The lowest BCUT2D eigenvalue weighted by atomic mass is 10.2. The Hall–Kier alpha value is -2.14. The predicted octanol–water partition coefficient (Wildman–Crippen LogP) is 3.06. The number of benzene rings is 1. The molecule has 0 saturated carbocycles. The van der Waals surface area contributed by atoms with Gasteiger partial charge in [0.2, 0.25) is 5.91 Å². The van der Waals surface area contributed by atoms with Gasteiger partial charge in [-0.3, -0.25) is 4.79 Å². The van der Waals surface area contributed by atoms with Gasteiger partial charge >= 0.3 is 5.97 Å². The van der Waals surface area contributed by atoms with E-state index in [1.54, 1.807) is 35.6 Å². The lowest BCUT2D eigenvalue weighted by Crippen LogP contribution is -2.07. The topological polar surface area (TPSA) is 55.4 Å². The normalized spacial score (nSPS) is 9.95. The quantitative estimate of drug-likeness (QED) is 0.872. The first-order chi connectivity index (χ1) is 9.15. The third kappa shape index (κ3) is 3.93. The second-order valence-electron chi connectivity index (χ2n) is 3.91. The Morgan fingerprint density at radius 3 is 2.53 bits per heavy atom. The zero-order valence-corrected chi connectivity index (χ0v) is 11.2. The smallest absolute Gasteiger partial charge is 0.338 e. The molecule has 0 aliphatic rings. The summed E-state index contributed by atoms with van der Waals surface area (Å²) in [5.74, 6) is -0.518. The summed E-state index contributed by atoms with van der Waals surface area (Å²) >= 11 is 1.54. The number of thiophene rings is 1. The molecular weight excluding hydrogens is 262 g/mol. The van der Waals surface area contributed by atoms with Gasteiger partial charge in [-0.05, 0) is 35.7 Å². The summed E-state index contributed by atoms with van der Waals surface area (Å²) in [6.07, 6.45) is 0. The fourth-order valence-corrected chi connectivity index (χ4v) is 2.12. The highest BCUT2D eigenvalue weighted by Gasteiger charge is 2.07. The van der Waals surface area contributed by atoms with Crippen molar-refractivity contribution in [2.75, 3.05) is 5.32 Å². The van der Waals surface area contributed by atoms with Crippen LogP contribution in [0.2, 0.25) is 0 Å². The first-order valence-electron chi connectivity index (χ1n) is 5.72. The van der Waals surface area contributed by atoms with Crippen LogP contribution in [0, 0.1) is 0 Å². The van der Waals surface area contributed by atoms with Gasteiger partial charge in [-0.2, -0.15) is 0 Å². The fourth-order valence-electron chi connectivity index (χ4n) is 1.51. The van der Waals surface area contributed by atoms with Crippen molar-refractivity contribution in [2.45, 2.75) is 13.5 Å². The van der Waals surface area contributed by atoms with Crippen molar-refractivity contribution in [3.05, 3.63) is 52.2 Å². The van der Waals surface area contributed by atoms with E-state index in [-0.39, 0.29) is 18.5 Å². The summed E-state index contributed by atoms with van der Waals surface area (Å²) in [7, 11) is 0. The molecule has 0 saturated heterocycles. The lowest BCUT2D eigenvalue weighted by Gasteiger charge is -2.05. The van der Waals surface area contributed by atoms with E-state index in [1.807, 2.05) is 17.5 Å². The van der Waals surface area contributed by atoms with Crippen LogP contribution in [0.5, 0.6) is 0 Å². The van der Waals surface area contributed by atoms with Crippen LogP contribution < -0.4 is 5.32 Å². The van der Waals surface area contributed by atoms with Gasteiger partial charge in [0.25, 0.3) is 0 Å². The van der Waals surface area contributed by atoms with Gasteiger partial charge in [0.1, 0.15) is 6.61 Å². The molecule has 0 atom stereocenters. The summed E-state index contributed by atoms with van der Waals surface area (Å²) in [6, 6.07) is 10.4. The van der Waals surface area contributed by atoms with E-state index < -0.39 is 0 Å². The van der Waals surface area contributed by atoms with Crippen LogP contribution in [-0.2, 0) is 16.1 Å². The highest BCUT2D eigenvalue weighted by molar-refractivity contribution is 7.09. The number of carbonyl (C=O) groups is 2. The number of nitrogens with one attached hydrogen (secondary N) is 1. The maximum absolute atomic E-state index is 11.8. The van der Waals surface area contributed by atoms with Crippen LogP contribution in [0.3, 0.4) is 0 Å². The first kappa shape index (κ1) is 13.3. The molecule has 0 spiro atoms. The van der Waals surface area contributed by atoms with Crippen LogP contribution in [0.25, 0.3) is 0 Å². The van der Waals surface area contributed by atoms with E-state index in [0.717, 1.165) is 4.88 Å². The molecule has 0 fully saturated rings. The van der Waals surface area contributed by atoms with Crippen LogP contribution in [0.1, 0.15) is 22.2 Å². The molecule has 2 rings (SSSR count). The number of rotatable bonds is 4. The summed E-state index contributed by atoms with van der Waals surface area (Å²) < 4.78 is 5.18. The molecule has 1 heterocycles. The molecular formula is C14H13NO3S. The zero-order chi connectivity index (χ0) is 13.7. The van der Waals surface area contributed by atoms with E-state index in [9.17, 15) is 9.59 Å². The Bertz CT molecular complexity index is 561. The Morgan fingerprint density at radius 1 is 1.21 bits per heavy atom. The van der Waals surface area contributed by atoms with Gasteiger partial charge in [-0.25, -0.2) is 4.79 Å². The minimum absolute atomic E-state index is 0.145. The van der Waals surface area contributed by atoms with Crippen molar-refractivity contribution in [3.63, 3.8) is 0 Å². The van der Waals surface area contributed by atoms with Crippen molar-refractivity contribution in [3.8, 4) is 0 Å². The molecule has 0 unspecified atom stereocenters. The molecule has 5 heteroatoms. The van der Waals surface area contributed by atoms with Crippen molar-refractivity contribution >= 4 is 28.9 Å². The SMILES string of the molecule is CC(=O)Nc1ccc(C(=O)OCc2cccs2)cc1. The maximum Gasteiger partial charge on any atom is 0.338 e. The van der Waals surface area contributed by atoms with E-state index in [2.05, 4.69) is 5.32 Å². The average Bonchev–Trinajstić information content (AvgIpc) is 2.89. The van der Waals surface area contributed by atoms with Gasteiger partial charge < -0.3 is 10.1 Å². The van der Waals surface area contributed by atoms with E-state index >= 15 is 0 Å². The third-order valence-corrected chi connectivity index (χ3v) is 3.22. The van der Waals surface area contributed by atoms with Crippen LogP contribution in [0.4, 0.5) is 5.69 Å². The minimum Gasteiger partial charge on any atom is -0.456 e. The summed E-state index contributed by atoms with van der Waals surface area (Å²) in [5.41, 5.74) is 1.12. The molecule has 1 aromatic carbocycles. The van der Waals surface area contributed by atoms with Crippen molar-refractivity contribution in [1.82, 2.24) is 0 Å². The Kier molecular flexibility index (Phi) is 4.30. The number of amides is 1. The van der Waals surface area contributed by atoms with Gasteiger partial charge in [-0.1, -0.05) is 6.07 Å². The number of hydrogen-bond donors (Lipinski definition) is 1. The average molecular weight is 275 g/mol. The first-order valence-corrected chi connectivity index (χ1v) is 6.60. The Labute approximate surface area is 115 Å². The van der Waals surface area contributed by atoms with Crippen LogP contribution in [0.15, 0.2) is 41.8 Å².